The lowest BCUT2D eigenvalue weighted by atomic mass is 10.0. The number of nitrogens with zero attached hydrogens (tertiary/aromatic N) is 3. The summed E-state index contributed by atoms with van der Waals surface area (Å²) in [5.41, 5.74) is 1.31. The topological polar surface area (TPSA) is 134 Å². The fourth-order valence-electron chi connectivity index (χ4n) is 4.67. The number of carbonyl (C=O) groups is 3. The van der Waals surface area contributed by atoms with Gasteiger partial charge in [-0.1, -0.05) is 44.2 Å². The van der Waals surface area contributed by atoms with Crippen molar-refractivity contribution in [3.05, 3.63) is 52.0 Å². The average molecular weight is 569 g/mol. The molecule has 0 aliphatic carbocycles. The Kier molecular flexibility index (Phi) is 8.03. The van der Waals surface area contributed by atoms with Crippen LogP contribution in [0.15, 0.2) is 45.7 Å². The van der Waals surface area contributed by atoms with Gasteiger partial charge in [-0.15, -0.1) is 23.1 Å². The van der Waals surface area contributed by atoms with Gasteiger partial charge in [-0.05, 0) is 31.7 Å². The Bertz CT molecular complexity index is 1310. The first-order chi connectivity index (χ1) is 18.7. The highest BCUT2D eigenvalue weighted by atomic mass is 32.2. The number of benzene rings is 1. The number of nitrogens with one attached hydrogen (secondary N) is 3. The second kappa shape index (κ2) is 11.5. The molecule has 0 radical (unpaired) electrons. The van der Waals surface area contributed by atoms with Crippen molar-refractivity contribution in [3.63, 3.8) is 0 Å². The number of fused-ring (bicyclic) bond motifs is 4. The van der Waals surface area contributed by atoms with Crippen LogP contribution in [0.1, 0.15) is 54.8 Å². The van der Waals surface area contributed by atoms with E-state index < -0.39 is 36.3 Å². The summed E-state index contributed by atoms with van der Waals surface area (Å²) >= 11 is 2.78. The Balaban J connectivity index is 1.50. The molecule has 0 fully saturated rings. The van der Waals surface area contributed by atoms with Crippen molar-refractivity contribution >= 4 is 51.8 Å². The standard InChI is InChI=1S/C27H32N6O4S2/c1-13(2)20-25-33-21(15(4)37-25)24(36)28-14(3)26-30-18(11-38-26)22(34)29-17(10-16-8-6-5-7-9-16)27-31-19(12-39-27)23(35)32-20/h5-9,11,13-15,17,19-21H,10,12H2,1-4H3,(H,28,36)(H,29,34)(H,32,35)/t14-,15+,17+,19-,20-,21-/m0/s1. The van der Waals surface area contributed by atoms with Gasteiger partial charge in [0.1, 0.15) is 28.9 Å². The second-order valence-corrected chi connectivity index (χ2v) is 12.2. The fraction of sp³-hybridized carbons (Fsp3) is 0.481. The molecule has 6 atom stereocenters. The molecule has 4 heterocycles. The number of amides is 3. The highest BCUT2D eigenvalue weighted by Crippen LogP contribution is 2.26. The number of aromatic nitrogens is 1. The molecular weight excluding hydrogens is 536 g/mol. The number of aliphatic imine (C=N–C) groups is 2. The number of ether oxygens (including phenoxy) is 1. The van der Waals surface area contributed by atoms with E-state index in [-0.39, 0.29) is 29.3 Å². The molecule has 1 aromatic heterocycles. The second-order valence-electron chi connectivity index (χ2n) is 10.3. The van der Waals surface area contributed by atoms with Crippen molar-refractivity contribution in [3.8, 4) is 0 Å². The van der Waals surface area contributed by atoms with Crippen LogP contribution in [0.25, 0.3) is 0 Å². The van der Waals surface area contributed by atoms with E-state index in [1.165, 1.54) is 23.1 Å². The van der Waals surface area contributed by atoms with Gasteiger partial charge >= 0.3 is 0 Å². The van der Waals surface area contributed by atoms with Gasteiger partial charge in [0.25, 0.3) is 5.91 Å². The van der Waals surface area contributed by atoms with E-state index in [1.807, 2.05) is 51.1 Å². The fourth-order valence-corrected chi connectivity index (χ4v) is 6.57. The first kappa shape index (κ1) is 27.3. The Morgan fingerprint density at radius 3 is 2.54 bits per heavy atom. The van der Waals surface area contributed by atoms with Gasteiger partial charge in [0, 0.05) is 11.1 Å². The van der Waals surface area contributed by atoms with Gasteiger partial charge in [-0.2, -0.15) is 0 Å². The van der Waals surface area contributed by atoms with Crippen LogP contribution in [0.3, 0.4) is 0 Å². The van der Waals surface area contributed by atoms with Crippen molar-refractivity contribution in [1.29, 1.82) is 0 Å². The molecule has 0 saturated heterocycles. The van der Waals surface area contributed by atoms with Crippen molar-refractivity contribution in [2.75, 3.05) is 5.75 Å². The van der Waals surface area contributed by atoms with Gasteiger partial charge in [0.2, 0.25) is 17.7 Å². The quantitative estimate of drug-likeness (QED) is 0.521. The van der Waals surface area contributed by atoms with Gasteiger partial charge in [-0.25, -0.2) is 9.98 Å². The average Bonchev–Trinajstić information content (AvgIpc) is 3.66. The summed E-state index contributed by atoms with van der Waals surface area (Å²) in [5.74, 6) is -0.0956. The predicted octanol–water partition coefficient (Wildman–Crippen LogP) is 2.52. The molecular formula is C27H32N6O4S2. The van der Waals surface area contributed by atoms with Crippen molar-refractivity contribution in [1.82, 2.24) is 20.9 Å². The molecule has 5 rings (SSSR count). The number of thiazole rings is 1. The number of hydrogen-bond donors (Lipinski definition) is 3. The van der Waals surface area contributed by atoms with E-state index in [1.54, 1.807) is 12.3 Å². The molecule has 12 heteroatoms. The molecule has 3 amide bonds. The van der Waals surface area contributed by atoms with E-state index in [9.17, 15) is 14.4 Å². The highest BCUT2D eigenvalue weighted by Gasteiger charge is 2.40. The maximum absolute atomic E-state index is 13.3. The summed E-state index contributed by atoms with van der Waals surface area (Å²) in [5, 5.41) is 12.1. The third kappa shape index (κ3) is 6.01. The Morgan fingerprint density at radius 2 is 1.79 bits per heavy atom. The zero-order chi connectivity index (χ0) is 27.7. The minimum Gasteiger partial charge on any atom is -0.474 e. The molecule has 1 aromatic carbocycles. The summed E-state index contributed by atoms with van der Waals surface area (Å²) in [7, 11) is 0. The molecule has 206 valence electrons. The maximum atomic E-state index is 13.3. The van der Waals surface area contributed by atoms with Crippen LogP contribution in [0.2, 0.25) is 0 Å². The van der Waals surface area contributed by atoms with Crippen LogP contribution in [0.4, 0.5) is 0 Å². The van der Waals surface area contributed by atoms with Gasteiger partial charge < -0.3 is 20.7 Å². The van der Waals surface area contributed by atoms with E-state index in [4.69, 9.17) is 9.73 Å². The summed E-state index contributed by atoms with van der Waals surface area (Å²) < 4.78 is 5.99. The smallest absolute Gasteiger partial charge is 0.271 e. The number of carbonyl (C=O) groups excluding carboxylic acids is 3. The van der Waals surface area contributed by atoms with Crippen molar-refractivity contribution in [2.24, 2.45) is 15.9 Å². The number of rotatable bonds is 3. The summed E-state index contributed by atoms with van der Waals surface area (Å²) in [6.07, 6.45) is 0.0323. The van der Waals surface area contributed by atoms with Crippen LogP contribution in [0.5, 0.6) is 0 Å². The van der Waals surface area contributed by atoms with E-state index in [2.05, 4.69) is 25.9 Å². The largest absolute Gasteiger partial charge is 0.474 e. The van der Waals surface area contributed by atoms with E-state index in [0.29, 0.717) is 28.1 Å². The van der Waals surface area contributed by atoms with Crippen LogP contribution < -0.4 is 16.0 Å². The van der Waals surface area contributed by atoms with Gasteiger partial charge in [0.15, 0.2) is 6.04 Å². The van der Waals surface area contributed by atoms with Gasteiger partial charge in [0.05, 0.1) is 17.1 Å². The molecule has 39 heavy (non-hydrogen) atoms. The third-order valence-corrected chi connectivity index (χ3v) is 9.06. The predicted molar refractivity (Wildman–Crippen MR) is 152 cm³/mol. The minimum atomic E-state index is -0.757. The number of thioether (sulfide) groups is 1. The van der Waals surface area contributed by atoms with Crippen LogP contribution in [-0.2, 0) is 20.7 Å². The molecule has 3 aliphatic rings. The van der Waals surface area contributed by atoms with Gasteiger partial charge in [-0.3, -0.25) is 19.4 Å². The maximum Gasteiger partial charge on any atom is 0.271 e. The Morgan fingerprint density at radius 1 is 1.03 bits per heavy atom. The minimum absolute atomic E-state index is 0.0254. The number of hydrogen-bond acceptors (Lipinski definition) is 9. The first-order valence-corrected chi connectivity index (χ1v) is 14.9. The molecule has 0 saturated carbocycles. The molecule has 3 aliphatic heterocycles. The highest BCUT2D eigenvalue weighted by molar-refractivity contribution is 8.14. The molecule has 6 bridgehead atoms. The summed E-state index contributed by atoms with van der Waals surface area (Å²) in [6.45, 7) is 7.54. The summed E-state index contributed by atoms with van der Waals surface area (Å²) in [4.78, 5) is 53.6. The lowest BCUT2D eigenvalue weighted by Crippen LogP contribution is -2.48. The molecule has 0 spiro atoms. The normalized spacial score (nSPS) is 29.4. The molecule has 10 nitrogen and oxygen atoms in total. The van der Waals surface area contributed by atoms with E-state index >= 15 is 0 Å². The zero-order valence-corrected chi connectivity index (χ0v) is 23.8. The van der Waals surface area contributed by atoms with Crippen LogP contribution in [-0.4, -0.2) is 69.7 Å². The monoisotopic (exact) mass is 568 g/mol. The first-order valence-electron chi connectivity index (χ1n) is 13.1. The SMILES string of the molecule is CC(C)[C@@H]1NC(=O)[C@@H]2CSC(=N2)[C@@H](Cc2ccccc2)NC(=O)c2csc(n2)[C@H](C)NC(=O)[C@H]2N=C1O[C@@H]2C. The zero-order valence-electron chi connectivity index (χ0n) is 22.2. The van der Waals surface area contributed by atoms with Crippen molar-refractivity contribution in [2.45, 2.75) is 70.4 Å². The lowest BCUT2D eigenvalue weighted by Gasteiger charge is -2.23. The lowest BCUT2D eigenvalue weighted by molar-refractivity contribution is -0.124. The van der Waals surface area contributed by atoms with E-state index in [0.717, 1.165) is 5.56 Å². The summed E-state index contributed by atoms with van der Waals surface area (Å²) in [6, 6.07) is 7.11. The van der Waals surface area contributed by atoms with Crippen molar-refractivity contribution < 1.29 is 19.1 Å². The Hall–Kier alpha value is -3.25. The van der Waals surface area contributed by atoms with Crippen LogP contribution in [0, 0.1) is 5.92 Å². The Labute approximate surface area is 235 Å². The molecule has 3 N–H and O–H groups in total. The third-order valence-electron chi connectivity index (χ3n) is 6.86. The molecule has 0 unspecified atom stereocenters. The van der Waals surface area contributed by atoms with Crippen LogP contribution >= 0.6 is 23.1 Å². The molecule has 2 aromatic rings.